The minimum Gasteiger partial charge on any atom is -0.325 e. The highest BCUT2D eigenvalue weighted by Gasteiger charge is 2.19. The Morgan fingerprint density at radius 2 is 1.53 bits per heavy atom. The Hall–Kier alpha value is -2.17. The molecule has 0 unspecified atom stereocenters. The van der Waals surface area contributed by atoms with Crippen LogP contribution in [0, 0.1) is 0 Å². The molecule has 0 saturated carbocycles. The number of nitrogens with zero attached hydrogens (tertiary/aromatic N) is 1. The molecule has 1 N–H and O–H groups in total. The fraction of sp³-hybridized carbons (Fsp3) is 0.250. The lowest BCUT2D eigenvalue weighted by atomic mass is 10.2. The van der Waals surface area contributed by atoms with Crippen LogP contribution in [0.2, 0.25) is 0 Å². The molecule has 0 aliphatic rings. The third-order valence-corrected chi connectivity index (χ3v) is 2.09. The van der Waals surface area contributed by atoms with Gasteiger partial charge >= 0.3 is 0 Å². The highest BCUT2D eigenvalue weighted by atomic mass is 16.2. The Labute approximate surface area is 99.4 Å². The molecule has 5 heteroatoms. The molecule has 1 aromatic rings. The minimum absolute atomic E-state index is 0.260. The Morgan fingerprint density at radius 3 is 2.00 bits per heavy atom. The van der Waals surface area contributed by atoms with Crippen molar-refractivity contribution in [1.82, 2.24) is 0 Å². The monoisotopic (exact) mass is 234 g/mol. The molecule has 0 heterocycles. The van der Waals surface area contributed by atoms with E-state index in [1.807, 2.05) is 0 Å². The van der Waals surface area contributed by atoms with Crippen LogP contribution in [-0.4, -0.2) is 17.7 Å². The Balaban J connectivity index is 3.23. The SMILES string of the molecule is CC(=O)Nc1ccccc1N(C(C)=O)C(C)=O. The van der Waals surface area contributed by atoms with E-state index < -0.39 is 11.8 Å². The van der Waals surface area contributed by atoms with Gasteiger partial charge < -0.3 is 5.32 Å². The van der Waals surface area contributed by atoms with Gasteiger partial charge in [0.2, 0.25) is 17.7 Å². The van der Waals surface area contributed by atoms with Crippen LogP contribution in [0.3, 0.4) is 0 Å². The maximum Gasteiger partial charge on any atom is 0.230 e. The standard InChI is InChI=1S/C12H14N2O3/c1-8(15)13-11-6-4-5-7-12(11)14(9(2)16)10(3)17/h4-7H,1-3H3,(H,13,15). The van der Waals surface area contributed by atoms with Crippen LogP contribution in [0.5, 0.6) is 0 Å². The van der Waals surface area contributed by atoms with Crippen molar-refractivity contribution in [3.05, 3.63) is 24.3 Å². The number of nitrogens with one attached hydrogen (secondary N) is 1. The first-order valence-electron chi connectivity index (χ1n) is 5.11. The number of carbonyl (C=O) groups is 3. The largest absolute Gasteiger partial charge is 0.325 e. The molecule has 0 fully saturated rings. The quantitative estimate of drug-likeness (QED) is 0.844. The molecule has 0 aromatic heterocycles. The first kappa shape index (κ1) is 12.9. The van der Waals surface area contributed by atoms with Crippen molar-refractivity contribution >= 4 is 29.1 Å². The van der Waals surface area contributed by atoms with Gasteiger partial charge in [-0.3, -0.25) is 14.4 Å². The molecule has 0 atom stereocenters. The molecule has 17 heavy (non-hydrogen) atoms. The average Bonchev–Trinajstić information content (AvgIpc) is 2.18. The van der Waals surface area contributed by atoms with Crippen molar-refractivity contribution < 1.29 is 14.4 Å². The van der Waals surface area contributed by atoms with Gasteiger partial charge in [0, 0.05) is 20.8 Å². The Bertz CT molecular complexity index is 455. The van der Waals surface area contributed by atoms with Gasteiger partial charge in [0.1, 0.15) is 0 Å². The summed E-state index contributed by atoms with van der Waals surface area (Å²) in [4.78, 5) is 34.9. The molecule has 0 aliphatic carbocycles. The number of imide groups is 1. The number of rotatable bonds is 2. The van der Waals surface area contributed by atoms with E-state index in [1.54, 1.807) is 24.3 Å². The fourth-order valence-corrected chi connectivity index (χ4v) is 1.52. The van der Waals surface area contributed by atoms with E-state index in [9.17, 15) is 14.4 Å². The van der Waals surface area contributed by atoms with Gasteiger partial charge in [0.25, 0.3) is 0 Å². The van der Waals surface area contributed by atoms with E-state index in [1.165, 1.54) is 20.8 Å². The molecule has 0 bridgehead atoms. The van der Waals surface area contributed by atoms with E-state index in [2.05, 4.69) is 5.32 Å². The summed E-state index contributed by atoms with van der Waals surface area (Å²) in [6, 6.07) is 6.65. The van der Waals surface area contributed by atoms with Crippen molar-refractivity contribution in [3.8, 4) is 0 Å². The second-order valence-electron chi connectivity index (χ2n) is 3.57. The average molecular weight is 234 g/mol. The highest BCUT2D eigenvalue weighted by Crippen LogP contribution is 2.25. The lowest BCUT2D eigenvalue weighted by Crippen LogP contribution is -2.33. The van der Waals surface area contributed by atoms with E-state index in [4.69, 9.17) is 0 Å². The van der Waals surface area contributed by atoms with E-state index in [0.717, 1.165) is 4.90 Å². The van der Waals surface area contributed by atoms with Crippen molar-refractivity contribution in [1.29, 1.82) is 0 Å². The van der Waals surface area contributed by atoms with Crippen LogP contribution in [0.25, 0.3) is 0 Å². The Kier molecular flexibility index (Phi) is 3.98. The number of amides is 3. The zero-order valence-electron chi connectivity index (χ0n) is 9.98. The van der Waals surface area contributed by atoms with Crippen LogP contribution in [0.4, 0.5) is 11.4 Å². The number of anilines is 2. The summed E-state index contributed by atoms with van der Waals surface area (Å²) in [6.07, 6.45) is 0. The zero-order chi connectivity index (χ0) is 13.0. The predicted octanol–water partition coefficient (Wildman–Crippen LogP) is 1.54. The lowest BCUT2D eigenvalue weighted by molar-refractivity contribution is -0.124. The van der Waals surface area contributed by atoms with E-state index in [0.29, 0.717) is 11.4 Å². The van der Waals surface area contributed by atoms with Gasteiger partial charge in [0.05, 0.1) is 11.4 Å². The van der Waals surface area contributed by atoms with Crippen molar-refractivity contribution in [2.75, 3.05) is 10.2 Å². The first-order chi connectivity index (χ1) is 7.93. The van der Waals surface area contributed by atoms with Crippen LogP contribution >= 0.6 is 0 Å². The Morgan fingerprint density at radius 1 is 1.00 bits per heavy atom. The molecular weight excluding hydrogens is 220 g/mol. The van der Waals surface area contributed by atoms with Gasteiger partial charge in [-0.05, 0) is 12.1 Å². The van der Waals surface area contributed by atoms with Gasteiger partial charge in [-0.2, -0.15) is 0 Å². The van der Waals surface area contributed by atoms with Crippen molar-refractivity contribution in [2.24, 2.45) is 0 Å². The summed E-state index contributed by atoms with van der Waals surface area (Å²) in [5.41, 5.74) is 0.813. The third-order valence-electron chi connectivity index (χ3n) is 2.09. The molecule has 1 rings (SSSR count). The lowest BCUT2D eigenvalue weighted by Gasteiger charge is -2.20. The summed E-state index contributed by atoms with van der Waals surface area (Å²) in [6.45, 7) is 3.96. The normalized spacial score (nSPS) is 9.59. The third kappa shape index (κ3) is 3.14. The molecule has 3 amide bonds. The number of hydrogen-bond donors (Lipinski definition) is 1. The predicted molar refractivity (Wildman–Crippen MR) is 64.6 cm³/mol. The molecular formula is C12H14N2O3. The molecule has 1 aromatic carbocycles. The number of para-hydroxylation sites is 2. The number of hydrogen-bond acceptors (Lipinski definition) is 3. The van der Waals surface area contributed by atoms with Crippen LogP contribution in [-0.2, 0) is 14.4 Å². The molecule has 0 aliphatic heterocycles. The topological polar surface area (TPSA) is 66.5 Å². The summed E-state index contributed by atoms with van der Waals surface area (Å²) in [5, 5.41) is 2.58. The number of benzene rings is 1. The van der Waals surface area contributed by atoms with Gasteiger partial charge in [0.15, 0.2) is 0 Å². The van der Waals surface area contributed by atoms with Crippen LogP contribution in [0.1, 0.15) is 20.8 Å². The molecule has 0 spiro atoms. The van der Waals surface area contributed by atoms with Crippen molar-refractivity contribution in [3.63, 3.8) is 0 Å². The second kappa shape index (κ2) is 5.25. The molecule has 0 saturated heterocycles. The smallest absolute Gasteiger partial charge is 0.230 e. The van der Waals surface area contributed by atoms with E-state index in [-0.39, 0.29) is 5.91 Å². The molecule has 0 radical (unpaired) electrons. The van der Waals surface area contributed by atoms with E-state index >= 15 is 0 Å². The summed E-state index contributed by atoms with van der Waals surface area (Å²) < 4.78 is 0. The first-order valence-corrected chi connectivity index (χ1v) is 5.11. The van der Waals surface area contributed by atoms with Gasteiger partial charge in [-0.1, -0.05) is 12.1 Å². The van der Waals surface area contributed by atoms with Gasteiger partial charge in [-0.25, -0.2) is 4.90 Å². The minimum atomic E-state index is -0.393. The highest BCUT2D eigenvalue weighted by molar-refractivity contribution is 6.15. The second-order valence-corrected chi connectivity index (χ2v) is 3.57. The molecule has 90 valence electrons. The maximum absolute atomic E-state index is 11.4. The fourth-order valence-electron chi connectivity index (χ4n) is 1.52. The van der Waals surface area contributed by atoms with Crippen molar-refractivity contribution in [2.45, 2.75) is 20.8 Å². The summed E-state index contributed by atoms with van der Waals surface area (Å²) in [5.74, 6) is -1.05. The summed E-state index contributed by atoms with van der Waals surface area (Å²) >= 11 is 0. The summed E-state index contributed by atoms with van der Waals surface area (Å²) in [7, 11) is 0. The van der Waals surface area contributed by atoms with Crippen LogP contribution in [0.15, 0.2) is 24.3 Å². The maximum atomic E-state index is 11.4. The molecule has 5 nitrogen and oxygen atoms in total. The van der Waals surface area contributed by atoms with Gasteiger partial charge in [-0.15, -0.1) is 0 Å². The number of carbonyl (C=O) groups excluding carboxylic acids is 3. The zero-order valence-corrected chi connectivity index (χ0v) is 9.98. The van der Waals surface area contributed by atoms with Crippen LogP contribution < -0.4 is 10.2 Å².